The van der Waals surface area contributed by atoms with Crippen LogP contribution in [0.1, 0.15) is 34.1 Å². The van der Waals surface area contributed by atoms with Gasteiger partial charge in [-0.1, -0.05) is 0 Å². The van der Waals surface area contributed by atoms with E-state index in [1.807, 2.05) is 27.7 Å². The van der Waals surface area contributed by atoms with Gasteiger partial charge in [0.25, 0.3) is 0 Å². The van der Waals surface area contributed by atoms with Gasteiger partial charge in [0.05, 0.1) is 11.2 Å². The van der Waals surface area contributed by atoms with Crippen molar-refractivity contribution in [3.8, 4) is 0 Å². The van der Waals surface area contributed by atoms with E-state index in [0.29, 0.717) is 6.54 Å². The lowest BCUT2D eigenvalue weighted by atomic mass is 9.75. The minimum absolute atomic E-state index is 0.0593. The van der Waals surface area contributed by atoms with E-state index >= 15 is 0 Å². The smallest absolute Gasteiger partial charge is 0.400 e. The fourth-order valence-electron chi connectivity index (χ4n) is 1.80. The molecule has 0 aromatic rings. The molecule has 1 N–H and O–H groups in total. The predicted molar refractivity (Wildman–Crippen MR) is 61.8 cm³/mol. The van der Waals surface area contributed by atoms with Crippen LogP contribution in [0.5, 0.6) is 0 Å². The zero-order valence-corrected chi connectivity index (χ0v) is 10.3. The Morgan fingerprint density at radius 2 is 1.81 bits per heavy atom. The fourth-order valence-corrected chi connectivity index (χ4v) is 1.80. The van der Waals surface area contributed by atoms with E-state index in [1.54, 1.807) is 6.08 Å². The van der Waals surface area contributed by atoms with Crippen molar-refractivity contribution in [3.63, 3.8) is 0 Å². The largest absolute Gasteiger partial charge is 0.490 e. The van der Waals surface area contributed by atoms with Gasteiger partial charge in [0.1, 0.15) is 0 Å². The first-order chi connectivity index (χ1) is 7.32. The first-order valence-corrected chi connectivity index (χ1v) is 5.66. The summed E-state index contributed by atoms with van der Waals surface area (Å²) in [7, 11) is -0.379. The molecule has 16 heavy (non-hydrogen) atoms. The third kappa shape index (κ3) is 1.89. The van der Waals surface area contributed by atoms with E-state index in [1.165, 1.54) is 0 Å². The van der Waals surface area contributed by atoms with Crippen molar-refractivity contribution in [3.05, 3.63) is 11.5 Å². The Hall–Kier alpha value is -0.805. The van der Waals surface area contributed by atoms with Gasteiger partial charge in [0.15, 0.2) is 0 Å². The molecule has 4 nitrogen and oxygen atoms in total. The Morgan fingerprint density at radius 1 is 1.25 bits per heavy atom. The quantitative estimate of drug-likeness (QED) is 0.676. The van der Waals surface area contributed by atoms with Crippen LogP contribution in [0.15, 0.2) is 11.5 Å². The molecule has 1 amide bonds. The van der Waals surface area contributed by atoms with Gasteiger partial charge in [-0.3, -0.25) is 4.79 Å². The van der Waals surface area contributed by atoms with Crippen molar-refractivity contribution in [2.75, 3.05) is 6.54 Å². The van der Waals surface area contributed by atoms with Crippen LogP contribution in [-0.4, -0.2) is 30.8 Å². The molecular formula is C11H18BNO3. The summed E-state index contributed by atoms with van der Waals surface area (Å²) in [6, 6.07) is 0. The molecule has 0 unspecified atom stereocenters. The maximum Gasteiger partial charge on any atom is 0.490 e. The molecule has 88 valence electrons. The molecule has 2 aliphatic heterocycles. The average Bonchev–Trinajstić information content (AvgIpc) is 2.36. The molecule has 0 aromatic carbocycles. The van der Waals surface area contributed by atoms with Gasteiger partial charge in [0.2, 0.25) is 5.91 Å². The second-order valence-electron chi connectivity index (χ2n) is 5.35. The molecule has 2 heterocycles. The lowest BCUT2D eigenvalue weighted by molar-refractivity contribution is -0.116. The molecule has 0 bridgehead atoms. The van der Waals surface area contributed by atoms with Crippen LogP contribution in [-0.2, 0) is 14.1 Å². The second-order valence-corrected chi connectivity index (χ2v) is 5.35. The van der Waals surface area contributed by atoms with Crippen LogP contribution in [0.2, 0.25) is 0 Å². The average molecular weight is 223 g/mol. The maximum atomic E-state index is 11.3. The highest BCUT2D eigenvalue weighted by Crippen LogP contribution is 2.39. The lowest BCUT2D eigenvalue weighted by Crippen LogP contribution is -2.41. The van der Waals surface area contributed by atoms with Gasteiger partial charge in [-0.25, -0.2) is 0 Å². The Labute approximate surface area is 96.5 Å². The highest BCUT2D eigenvalue weighted by atomic mass is 16.7. The van der Waals surface area contributed by atoms with E-state index in [4.69, 9.17) is 9.31 Å². The lowest BCUT2D eigenvalue weighted by Gasteiger charge is -2.32. The van der Waals surface area contributed by atoms with Crippen molar-refractivity contribution < 1.29 is 14.1 Å². The van der Waals surface area contributed by atoms with Gasteiger partial charge in [-0.05, 0) is 45.7 Å². The van der Waals surface area contributed by atoms with Gasteiger partial charge >= 0.3 is 7.12 Å². The summed E-state index contributed by atoms with van der Waals surface area (Å²) >= 11 is 0. The van der Waals surface area contributed by atoms with Crippen molar-refractivity contribution in [1.29, 1.82) is 0 Å². The molecule has 0 aliphatic carbocycles. The van der Waals surface area contributed by atoms with Crippen molar-refractivity contribution >= 4 is 13.0 Å². The van der Waals surface area contributed by atoms with Crippen LogP contribution in [0.25, 0.3) is 0 Å². The first-order valence-electron chi connectivity index (χ1n) is 5.66. The van der Waals surface area contributed by atoms with Crippen LogP contribution in [0.4, 0.5) is 0 Å². The summed E-state index contributed by atoms with van der Waals surface area (Å²) in [6.45, 7) is 8.70. The number of hydrogen-bond donors (Lipinski definition) is 1. The van der Waals surface area contributed by atoms with Gasteiger partial charge in [-0.15, -0.1) is 0 Å². The highest BCUT2D eigenvalue weighted by Gasteiger charge is 2.52. The van der Waals surface area contributed by atoms with Crippen molar-refractivity contribution in [2.24, 2.45) is 0 Å². The van der Waals surface area contributed by atoms with Crippen molar-refractivity contribution in [1.82, 2.24) is 5.32 Å². The zero-order valence-electron chi connectivity index (χ0n) is 10.3. The number of carbonyl (C=O) groups excluding carboxylic acids is 1. The van der Waals surface area contributed by atoms with Crippen LogP contribution >= 0.6 is 0 Å². The van der Waals surface area contributed by atoms with Crippen LogP contribution < -0.4 is 5.32 Å². The van der Waals surface area contributed by atoms with E-state index in [9.17, 15) is 4.79 Å². The summed E-state index contributed by atoms with van der Waals surface area (Å²) in [6.07, 6.45) is 2.38. The molecule has 5 heteroatoms. The number of nitrogens with one attached hydrogen (secondary N) is 1. The third-order valence-electron chi connectivity index (χ3n) is 3.59. The SMILES string of the molecule is CC1(C)OB(C2=CC(=O)NCC2)OC1(C)C. The minimum atomic E-state index is -0.379. The first kappa shape index (κ1) is 11.7. The van der Waals surface area contributed by atoms with E-state index in [0.717, 1.165) is 11.9 Å². The topological polar surface area (TPSA) is 47.6 Å². The van der Waals surface area contributed by atoms with Gasteiger partial charge in [0, 0.05) is 6.54 Å². The molecule has 2 aliphatic rings. The number of amides is 1. The number of rotatable bonds is 1. The molecule has 1 saturated heterocycles. The standard InChI is InChI=1S/C11H18BNO3/c1-10(2)11(3,4)16-12(15-10)8-5-6-13-9(14)7-8/h7H,5-6H2,1-4H3,(H,13,14). The summed E-state index contributed by atoms with van der Waals surface area (Å²) in [5.41, 5.74) is 0.251. The predicted octanol–water partition coefficient (Wildman–Crippen LogP) is 1.06. The Kier molecular flexibility index (Phi) is 2.63. The third-order valence-corrected chi connectivity index (χ3v) is 3.59. The molecule has 0 radical (unpaired) electrons. The fraction of sp³-hybridized carbons (Fsp3) is 0.727. The normalized spacial score (nSPS) is 27.6. The second kappa shape index (κ2) is 3.60. The summed E-state index contributed by atoms with van der Waals surface area (Å²) < 4.78 is 11.8. The zero-order chi connectivity index (χ0) is 12.0. The molecule has 0 spiro atoms. The molecule has 1 fully saturated rings. The summed E-state index contributed by atoms with van der Waals surface area (Å²) in [4.78, 5) is 11.3. The number of carbonyl (C=O) groups is 1. The maximum absolute atomic E-state index is 11.3. The summed E-state index contributed by atoms with van der Waals surface area (Å²) in [5.74, 6) is -0.0593. The molecule has 0 atom stereocenters. The highest BCUT2D eigenvalue weighted by molar-refractivity contribution is 6.55. The van der Waals surface area contributed by atoms with Crippen LogP contribution in [0.3, 0.4) is 0 Å². The summed E-state index contributed by atoms with van der Waals surface area (Å²) in [5, 5.41) is 2.75. The van der Waals surface area contributed by atoms with Crippen molar-refractivity contribution in [2.45, 2.75) is 45.3 Å². The van der Waals surface area contributed by atoms with Gasteiger partial charge < -0.3 is 14.6 Å². The van der Waals surface area contributed by atoms with E-state index < -0.39 is 0 Å². The van der Waals surface area contributed by atoms with E-state index in [2.05, 4.69) is 5.32 Å². The minimum Gasteiger partial charge on any atom is -0.400 e. The Balaban J connectivity index is 2.17. The Morgan fingerprint density at radius 3 is 2.31 bits per heavy atom. The molecular weight excluding hydrogens is 205 g/mol. The van der Waals surface area contributed by atoms with Gasteiger partial charge in [-0.2, -0.15) is 0 Å². The Bertz CT molecular complexity index is 333. The van der Waals surface area contributed by atoms with E-state index in [-0.39, 0.29) is 24.2 Å². The molecule has 0 aromatic heterocycles. The van der Waals surface area contributed by atoms with Crippen LogP contribution in [0, 0.1) is 0 Å². The monoisotopic (exact) mass is 223 g/mol. The molecule has 2 rings (SSSR count). The number of hydrogen-bond acceptors (Lipinski definition) is 3. The molecule has 0 saturated carbocycles.